The highest BCUT2D eigenvalue weighted by Crippen LogP contribution is 2.47. The van der Waals surface area contributed by atoms with Crippen LogP contribution in [0.15, 0.2) is 22.8 Å². The summed E-state index contributed by atoms with van der Waals surface area (Å²) in [6, 6.07) is 3.50. The highest BCUT2D eigenvalue weighted by molar-refractivity contribution is 5.91. The number of aromatic amines is 1. The van der Waals surface area contributed by atoms with E-state index < -0.39 is 0 Å². The van der Waals surface area contributed by atoms with Gasteiger partial charge in [-0.25, -0.2) is 4.98 Å². The van der Waals surface area contributed by atoms with E-state index in [1.54, 1.807) is 18.4 Å². The van der Waals surface area contributed by atoms with E-state index in [0.717, 1.165) is 24.1 Å². The van der Waals surface area contributed by atoms with Crippen LogP contribution in [0.5, 0.6) is 0 Å². The number of likely N-dealkylation sites (tertiary alicyclic amines) is 1. The average Bonchev–Trinajstić information content (AvgIpc) is 3.43. The number of H-pyrrole nitrogens is 1. The molecule has 2 aromatic heterocycles. The second kappa shape index (κ2) is 4.94. The quantitative estimate of drug-likeness (QED) is 0.941. The Balaban J connectivity index is 1.39. The highest BCUT2D eigenvalue weighted by Gasteiger charge is 2.46. The predicted octanol–water partition coefficient (Wildman–Crippen LogP) is 2.54. The second-order valence-electron chi connectivity index (χ2n) is 7.15. The zero-order valence-electron chi connectivity index (χ0n) is 12.9. The molecule has 1 aliphatic heterocycles. The Morgan fingerprint density at radius 2 is 2.13 bits per heavy atom. The lowest BCUT2D eigenvalue weighted by molar-refractivity contribution is 0.0753. The number of furan rings is 1. The fourth-order valence-electron chi connectivity index (χ4n) is 3.82. The number of nitrogens with zero attached hydrogens (tertiary/aromatic N) is 3. The Hall–Kier alpha value is -2.11. The molecule has 2 aliphatic carbocycles. The van der Waals surface area contributed by atoms with Crippen molar-refractivity contribution >= 4 is 5.91 Å². The van der Waals surface area contributed by atoms with Gasteiger partial charge in [-0.2, -0.15) is 5.10 Å². The molecule has 6 nitrogen and oxygen atoms in total. The Morgan fingerprint density at radius 1 is 1.26 bits per heavy atom. The Morgan fingerprint density at radius 3 is 2.83 bits per heavy atom. The molecule has 3 fully saturated rings. The third kappa shape index (κ3) is 2.36. The van der Waals surface area contributed by atoms with Crippen LogP contribution in [-0.2, 0) is 0 Å². The zero-order chi connectivity index (χ0) is 15.4. The first kappa shape index (κ1) is 13.3. The summed E-state index contributed by atoms with van der Waals surface area (Å²) in [5, 5.41) is 7.55. The summed E-state index contributed by atoms with van der Waals surface area (Å²) >= 11 is 0. The van der Waals surface area contributed by atoms with Crippen molar-refractivity contribution in [1.29, 1.82) is 0 Å². The van der Waals surface area contributed by atoms with Gasteiger partial charge >= 0.3 is 0 Å². The summed E-state index contributed by atoms with van der Waals surface area (Å²) < 4.78 is 5.28. The summed E-state index contributed by atoms with van der Waals surface area (Å²) in [4.78, 5) is 19.2. The van der Waals surface area contributed by atoms with E-state index in [1.165, 1.54) is 25.7 Å². The third-order valence-electron chi connectivity index (χ3n) is 5.43. The van der Waals surface area contributed by atoms with E-state index in [9.17, 15) is 4.79 Å². The van der Waals surface area contributed by atoms with E-state index in [4.69, 9.17) is 9.40 Å². The molecule has 2 saturated carbocycles. The molecule has 0 radical (unpaired) electrons. The number of hydrogen-bond acceptors (Lipinski definition) is 4. The number of hydrogen-bond donors (Lipinski definition) is 1. The van der Waals surface area contributed by atoms with E-state index >= 15 is 0 Å². The van der Waals surface area contributed by atoms with Crippen LogP contribution in [0.25, 0.3) is 0 Å². The van der Waals surface area contributed by atoms with E-state index in [0.29, 0.717) is 24.1 Å². The van der Waals surface area contributed by atoms with E-state index in [2.05, 4.69) is 10.2 Å². The van der Waals surface area contributed by atoms with Crippen molar-refractivity contribution in [1.82, 2.24) is 20.1 Å². The molecule has 120 valence electrons. The molecule has 2 atom stereocenters. The number of nitrogens with one attached hydrogen (secondary N) is 1. The van der Waals surface area contributed by atoms with Crippen LogP contribution in [0.1, 0.15) is 59.7 Å². The van der Waals surface area contributed by atoms with Crippen molar-refractivity contribution in [2.24, 2.45) is 11.8 Å². The first-order valence-electron chi connectivity index (χ1n) is 8.54. The molecule has 6 heteroatoms. The topological polar surface area (TPSA) is 75.0 Å². The molecule has 1 N–H and O–H groups in total. The van der Waals surface area contributed by atoms with Crippen LogP contribution >= 0.6 is 0 Å². The smallest absolute Gasteiger partial charge is 0.289 e. The Kier molecular flexibility index (Phi) is 2.87. The monoisotopic (exact) mass is 312 g/mol. The maximum Gasteiger partial charge on any atom is 0.289 e. The van der Waals surface area contributed by atoms with Gasteiger partial charge in [0.25, 0.3) is 5.91 Å². The minimum atomic E-state index is -0.00918. The summed E-state index contributed by atoms with van der Waals surface area (Å²) in [6.45, 7) is 1.51. The van der Waals surface area contributed by atoms with Gasteiger partial charge in [0, 0.05) is 24.9 Å². The predicted molar refractivity (Wildman–Crippen MR) is 81.9 cm³/mol. The van der Waals surface area contributed by atoms with Crippen molar-refractivity contribution in [2.75, 3.05) is 13.1 Å². The Bertz CT molecular complexity index is 715. The third-order valence-corrected chi connectivity index (χ3v) is 5.43. The van der Waals surface area contributed by atoms with Crippen LogP contribution in [0.4, 0.5) is 0 Å². The van der Waals surface area contributed by atoms with Crippen molar-refractivity contribution in [3.63, 3.8) is 0 Å². The van der Waals surface area contributed by atoms with Crippen LogP contribution in [0, 0.1) is 11.8 Å². The first-order valence-corrected chi connectivity index (χ1v) is 8.54. The number of rotatable bonds is 4. The number of carbonyl (C=O) groups is 1. The SMILES string of the molecule is O=C(c1ccco1)N1C[C@H](c2nc(C3CC3)n[nH]2)[C@@H](C2CC2)C1. The molecule has 5 rings (SSSR count). The van der Waals surface area contributed by atoms with Gasteiger partial charge in [-0.05, 0) is 49.7 Å². The minimum absolute atomic E-state index is 0.00918. The molecular weight excluding hydrogens is 292 g/mol. The summed E-state index contributed by atoms with van der Waals surface area (Å²) in [5.74, 6) is 4.41. The van der Waals surface area contributed by atoms with Gasteiger partial charge in [-0.3, -0.25) is 9.89 Å². The number of carbonyl (C=O) groups excluding carboxylic acids is 1. The van der Waals surface area contributed by atoms with Gasteiger partial charge < -0.3 is 9.32 Å². The van der Waals surface area contributed by atoms with Crippen LogP contribution in [0.2, 0.25) is 0 Å². The highest BCUT2D eigenvalue weighted by atomic mass is 16.3. The standard InChI is InChI=1S/C17H20N4O2/c22-17(14-2-1-7-23-14)21-8-12(10-3-4-10)13(9-21)16-18-15(19-20-16)11-5-6-11/h1-2,7,10-13H,3-6,8-9H2,(H,18,19,20)/t12-,13+/m1/s1. The van der Waals surface area contributed by atoms with E-state index in [1.807, 2.05) is 4.90 Å². The van der Waals surface area contributed by atoms with Crippen molar-refractivity contribution in [3.8, 4) is 0 Å². The van der Waals surface area contributed by atoms with Crippen molar-refractivity contribution in [2.45, 2.75) is 37.5 Å². The largest absolute Gasteiger partial charge is 0.459 e. The minimum Gasteiger partial charge on any atom is -0.459 e. The van der Waals surface area contributed by atoms with Crippen molar-refractivity contribution in [3.05, 3.63) is 35.8 Å². The van der Waals surface area contributed by atoms with Gasteiger partial charge in [-0.1, -0.05) is 0 Å². The molecule has 0 aromatic carbocycles. The number of aromatic nitrogens is 3. The zero-order valence-corrected chi connectivity index (χ0v) is 12.9. The average molecular weight is 312 g/mol. The molecule has 1 amide bonds. The lowest BCUT2D eigenvalue weighted by Crippen LogP contribution is -2.28. The van der Waals surface area contributed by atoms with Gasteiger partial charge in [0.15, 0.2) is 11.6 Å². The van der Waals surface area contributed by atoms with Crippen LogP contribution in [0.3, 0.4) is 0 Å². The van der Waals surface area contributed by atoms with Gasteiger partial charge in [0.2, 0.25) is 0 Å². The second-order valence-corrected chi connectivity index (χ2v) is 7.15. The molecular formula is C17H20N4O2. The Labute approximate surface area is 134 Å². The normalized spacial score (nSPS) is 27.6. The van der Waals surface area contributed by atoms with Gasteiger partial charge in [-0.15, -0.1) is 0 Å². The molecule has 0 spiro atoms. The summed E-state index contributed by atoms with van der Waals surface area (Å²) in [6.07, 6.45) is 6.51. The molecule has 1 saturated heterocycles. The fraction of sp³-hybridized carbons (Fsp3) is 0.588. The summed E-state index contributed by atoms with van der Waals surface area (Å²) in [5.41, 5.74) is 0. The van der Waals surface area contributed by atoms with Gasteiger partial charge in [0.1, 0.15) is 5.82 Å². The molecule has 0 bridgehead atoms. The van der Waals surface area contributed by atoms with Crippen LogP contribution in [-0.4, -0.2) is 39.1 Å². The molecule has 0 unspecified atom stereocenters. The lowest BCUT2D eigenvalue weighted by atomic mass is 9.91. The van der Waals surface area contributed by atoms with E-state index in [-0.39, 0.29) is 11.8 Å². The van der Waals surface area contributed by atoms with Crippen molar-refractivity contribution < 1.29 is 9.21 Å². The summed E-state index contributed by atoms with van der Waals surface area (Å²) in [7, 11) is 0. The molecule has 2 aromatic rings. The molecule has 3 heterocycles. The number of amides is 1. The molecule has 23 heavy (non-hydrogen) atoms. The maximum atomic E-state index is 12.6. The fourth-order valence-corrected chi connectivity index (χ4v) is 3.82. The lowest BCUT2D eigenvalue weighted by Gasteiger charge is -2.14. The van der Waals surface area contributed by atoms with Gasteiger partial charge in [0.05, 0.1) is 6.26 Å². The van der Waals surface area contributed by atoms with Crippen LogP contribution < -0.4 is 0 Å². The molecule has 3 aliphatic rings. The first-order chi connectivity index (χ1) is 11.3. The maximum absolute atomic E-state index is 12.6.